The largest absolute Gasteiger partial charge is 0.409 e. The summed E-state index contributed by atoms with van der Waals surface area (Å²) >= 11 is 4.90. The number of rotatable bonds is 5. The van der Waals surface area contributed by atoms with Gasteiger partial charge in [0.2, 0.25) is 5.91 Å². The van der Waals surface area contributed by atoms with Gasteiger partial charge in [-0.25, -0.2) is 0 Å². The third kappa shape index (κ3) is 3.99. The molecule has 1 unspecified atom stereocenters. The molecule has 0 aliphatic carbocycles. The normalized spacial score (nSPS) is 13.7. The van der Waals surface area contributed by atoms with Gasteiger partial charge in [0.15, 0.2) is 5.84 Å². The van der Waals surface area contributed by atoms with Crippen LogP contribution in [0.1, 0.15) is 18.7 Å². The monoisotopic (exact) mass is 333 g/mol. The van der Waals surface area contributed by atoms with Gasteiger partial charge in [-0.1, -0.05) is 19.0 Å². The number of carbonyl (C=O) groups is 1. The summed E-state index contributed by atoms with van der Waals surface area (Å²) in [6.07, 6.45) is 0. The average molecular weight is 334 g/mol. The first-order chi connectivity index (χ1) is 8.45. The van der Waals surface area contributed by atoms with Crippen LogP contribution in [0.25, 0.3) is 0 Å². The van der Waals surface area contributed by atoms with Crippen molar-refractivity contribution in [2.24, 2.45) is 22.7 Å². The molecule has 0 saturated heterocycles. The van der Waals surface area contributed by atoms with E-state index in [1.165, 1.54) is 0 Å². The fourth-order valence-electron chi connectivity index (χ4n) is 1.57. The van der Waals surface area contributed by atoms with E-state index in [1.54, 1.807) is 11.3 Å². The van der Waals surface area contributed by atoms with Gasteiger partial charge in [0.05, 0.1) is 6.54 Å². The lowest BCUT2D eigenvalue weighted by Gasteiger charge is -2.18. The summed E-state index contributed by atoms with van der Waals surface area (Å²) in [5.74, 6) is -0.936. The highest BCUT2D eigenvalue weighted by atomic mass is 79.9. The van der Waals surface area contributed by atoms with Gasteiger partial charge < -0.3 is 16.3 Å². The minimum atomic E-state index is -0.613. The molecular weight excluding hydrogens is 318 g/mol. The standard InChI is InChI=1S/C11H16BrN3O2S/c1-6(2)9(10(13)15-17)11(16)14-4-8-3-7(12)5-18-8/h3,5-6,9,17H,4H2,1-2H3,(H2,13,15)(H,14,16). The van der Waals surface area contributed by atoms with E-state index in [0.717, 1.165) is 9.35 Å². The highest BCUT2D eigenvalue weighted by Crippen LogP contribution is 2.19. The molecule has 1 amide bonds. The molecule has 100 valence electrons. The second-order valence-corrected chi connectivity index (χ2v) is 6.11. The fourth-order valence-corrected chi connectivity index (χ4v) is 2.96. The third-order valence-corrected chi connectivity index (χ3v) is 4.14. The predicted octanol–water partition coefficient (Wildman–Crippen LogP) is 2.15. The van der Waals surface area contributed by atoms with Crippen LogP contribution in [0.15, 0.2) is 21.1 Å². The van der Waals surface area contributed by atoms with Gasteiger partial charge in [-0.2, -0.15) is 0 Å². The first kappa shape index (κ1) is 15.0. The maximum absolute atomic E-state index is 12.0. The molecule has 0 fully saturated rings. The van der Waals surface area contributed by atoms with Crippen LogP contribution in [0.3, 0.4) is 0 Å². The third-order valence-electron chi connectivity index (χ3n) is 2.44. The van der Waals surface area contributed by atoms with Crippen LogP contribution >= 0.6 is 27.3 Å². The van der Waals surface area contributed by atoms with Gasteiger partial charge in [0.25, 0.3) is 0 Å². The topological polar surface area (TPSA) is 87.7 Å². The first-order valence-corrected chi connectivity index (χ1v) is 7.11. The van der Waals surface area contributed by atoms with E-state index in [1.807, 2.05) is 25.3 Å². The second-order valence-electron chi connectivity index (χ2n) is 4.20. The van der Waals surface area contributed by atoms with Crippen LogP contribution in [-0.2, 0) is 11.3 Å². The van der Waals surface area contributed by atoms with Crippen molar-refractivity contribution in [1.29, 1.82) is 0 Å². The molecule has 0 aromatic carbocycles. The number of carbonyl (C=O) groups excluding carboxylic acids is 1. The molecule has 1 aromatic heterocycles. The lowest BCUT2D eigenvalue weighted by molar-refractivity contribution is -0.124. The Bertz CT molecular complexity index is 445. The predicted molar refractivity (Wildman–Crippen MR) is 75.6 cm³/mol. The van der Waals surface area contributed by atoms with Gasteiger partial charge in [-0.3, -0.25) is 4.79 Å². The minimum Gasteiger partial charge on any atom is -0.409 e. The zero-order chi connectivity index (χ0) is 13.7. The summed E-state index contributed by atoms with van der Waals surface area (Å²) in [6.45, 7) is 4.14. The van der Waals surface area contributed by atoms with Crippen molar-refractivity contribution in [1.82, 2.24) is 5.32 Å². The summed E-state index contributed by atoms with van der Waals surface area (Å²) in [5, 5.41) is 16.3. The van der Waals surface area contributed by atoms with E-state index in [0.29, 0.717) is 6.54 Å². The zero-order valence-corrected chi connectivity index (χ0v) is 12.6. The number of hydrogen-bond donors (Lipinski definition) is 3. The van der Waals surface area contributed by atoms with Gasteiger partial charge in [-0.05, 0) is 27.9 Å². The Morgan fingerprint density at radius 3 is 2.78 bits per heavy atom. The lowest BCUT2D eigenvalue weighted by Crippen LogP contribution is -2.41. The zero-order valence-electron chi connectivity index (χ0n) is 10.2. The number of halogens is 1. The van der Waals surface area contributed by atoms with E-state index in [2.05, 4.69) is 26.4 Å². The maximum atomic E-state index is 12.0. The van der Waals surface area contributed by atoms with E-state index in [9.17, 15) is 4.79 Å². The molecule has 0 bridgehead atoms. The quantitative estimate of drug-likeness (QED) is 0.334. The van der Waals surface area contributed by atoms with Crippen LogP contribution in [0, 0.1) is 11.8 Å². The van der Waals surface area contributed by atoms with Crippen molar-refractivity contribution in [3.8, 4) is 0 Å². The Labute approximate surface area is 118 Å². The van der Waals surface area contributed by atoms with Crippen LogP contribution in [0.5, 0.6) is 0 Å². The van der Waals surface area contributed by atoms with Crippen LogP contribution in [0.4, 0.5) is 0 Å². The Hall–Kier alpha value is -1.08. The number of nitrogens with zero attached hydrogens (tertiary/aromatic N) is 1. The van der Waals surface area contributed by atoms with Crippen molar-refractivity contribution in [3.63, 3.8) is 0 Å². The second kappa shape index (κ2) is 6.75. The molecule has 0 spiro atoms. The first-order valence-electron chi connectivity index (χ1n) is 5.43. The van der Waals surface area contributed by atoms with E-state index < -0.39 is 5.92 Å². The Morgan fingerprint density at radius 2 is 2.33 bits per heavy atom. The van der Waals surface area contributed by atoms with Crippen LogP contribution < -0.4 is 11.1 Å². The van der Waals surface area contributed by atoms with E-state index >= 15 is 0 Å². The number of hydrogen-bond acceptors (Lipinski definition) is 4. The summed E-state index contributed by atoms with van der Waals surface area (Å²) in [4.78, 5) is 13.0. The molecule has 0 saturated carbocycles. The number of nitrogens with two attached hydrogens (primary N) is 1. The average Bonchev–Trinajstić information content (AvgIpc) is 2.72. The molecule has 1 atom stereocenters. The highest BCUT2D eigenvalue weighted by Gasteiger charge is 2.26. The summed E-state index contributed by atoms with van der Waals surface area (Å²) in [5.41, 5.74) is 5.53. The molecule has 18 heavy (non-hydrogen) atoms. The van der Waals surface area contributed by atoms with Gasteiger partial charge in [-0.15, -0.1) is 11.3 Å². The molecule has 0 aliphatic rings. The molecule has 0 radical (unpaired) electrons. The van der Waals surface area contributed by atoms with Crippen molar-refractivity contribution in [2.75, 3.05) is 0 Å². The number of oxime groups is 1. The van der Waals surface area contributed by atoms with Crippen molar-refractivity contribution < 1.29 is 10.0 Å². The molecule has 5 nitrogen and oxygen atoms in total. The van der Waals surface area contributed by atoms with Gasteiger partial charge in [0, 0.05) is 14.7 Å². The van der Waals surface area contributed by atoms with Gasteiger partial charge >= 0.3 is 0 Å². The molecule has 1 rings (SSSR count). The van der Waals surface area contributed by atoms with E-state index in [4.69, 9.17) is 10.9 Å². The number of thiophene rings is 1. The maximum Gasteiger partial charge on any atom is 0.231 e. The lowest BCUT2D eigenvalue weighted by atomic mass is 9.94. The Morgan fingerprint density at radius 1 is 1.67 bits per heavy atom. The van der Waals surface area contributed by atoms with Crippen molar-refractivity contribution in [3.05, 3.63) is 20.8 Å². The van der Waals surface area contributed by atoms with Crippen molar-refractivity contribution >= 4 is 39.0 Å². The highest BCUT2D eigenvalue weighted by molar-refractivity contribution is 9.10. The minimum absolute atomic E-state index is 0.0315. The van der Waals surface area contributed by atoms with Crippen LogP contribution in [0.2, 0.25) is 0 Å². The summed E-state index contributed by atoms with van der Waals surface area (Å²) in [6, 6.07) is 1.94. The number of amidine groups is 1. The number of nitrogens with one attached hydrogen (secondary N) is 1. The van der Waals surface area contributed by atoms with E-state index in [-0.39, 0.29) is 17.7 Å². The molecular formula is C11H16BrN3O2S. The smallest absolute Gasteiger partial charge is 0.231 e. The summed E-state index contributed by atoms with van der Waals surface area (Å²) in [7, 11) is 0. The summed E-state index contributed by atoms with van der Waals surface area (Å²) < 4.78 is 0.994. The molecule has 7 heteroatoms. The van der Waals surface area contributed by atoms with Gasteiger partial charge in [0.1, 0.15) is 5.92 Å². The molecule has 1 heterocycles. The fraction of sp³-hybridized carbons (Fsp3) is 0.455. The Kier molecular flexibility index (Phi) is 5.61. The number of amides is 1. The molecule has 4 N–H and O–H groups in total. The Balaban J connectivity index is 2.62. The van der Waals surface area contributed by atoms with Crippen LogP contribution in [-0.4, -0.2) is 17.0 Å². The SMILES string of the molecule is CC(C)C(C(=O)NCc1cc(Br)cs1)C(N)=NO. The molecule has 1 aromatic rings. The van der Waals surface area contributed by atoms with Crippen molar-refractivity contribution in [2.45, 2.75) is 20.4 Å². The molecule has 0 aliphatic heterocycles.